The summed E-state index contributed by atoms with van der Waals surface area (Å²) in [5.41, 5.74) is 6.18. The monoisotopic (exact) mass is 183 g/mol. The van der Waals surface area contributed by atoms with Crippen LogP contribution in [0.2, 0.25) is 0 Å². The third kappa shape index (κ3) is 2.05. The lowest BCUT2D eigenvalue weighted by molar-refractivity contribution is -0.114. The first-order chi connectivity index (χ1) is 6.20. The van der Waals surface area contributed by atoms with E-state index >= 15 is 0 Å². The zero-order valence-corrected chi connectivity index (χ0v) is 8.59. The van der Waals surface area contributed by atoms with Crippen LogP contribution in [0.25, 0.3) is 0 Å². The Morgan fingerprint density at radius 2 is 2.15 bits per heavy atom. The molecule has 3 atom stereocenters. The van der Waals surface area contributed by atoms with Crippen molar-refractivity contribution >= 4 is 0 Å². The molecule has 1 aliphatic carbocycles. The van der Waals surface area contributed by atoms with Crippen molar-refractivity contribution in [3.8, 4) is 0 Å². The highest BCUT2D eigenvalue weighted by molar-refractivity contribution is 4.92. The summed E-state index contributed by atoms with van der Waals surface area (Å²) in [6.07, 6.45) is 7.33. The number of rotatable bonds is 0. The van der Waals surface area contributed by atoms with E-state index in [1.54, 1.807) is 0 Å². The number of hydrogen-bond donors (Lipinski definition) is 1. The molecule has 76 valence electrons. The van der Waals surface area contributed by atoms with E-state index < -0.39 is 0 Å². The minimum atomic E-state index is 0.176. The highest BCUT2D eigenvalue weighted by atomic mass is 16.5. The van der Waals surface area contributed by atoms with E-state index in [0.29, 0.717) is 6.04 Å². The Kier molecular flexibility index (Phi) is 2.61. The molecule has 2 nitrogen and oxygen atoms in total. The summed E-state index contributed by atoms with van der Waals surface area (Å²) in [5.74, 6) is 0.832. The maximum absolute atomic E-state index is 6.01. The van der Waals surface area contributed by atoms with Gasteiger partial charge in [-0.05, 0) is 31.6 Å². The molecule has 0 bridgehead atoms. The first-order valence-electron chi connectivity index (χ1n) is 5.60. The fourth-order valence-corrected chi connectivity index (χ4v) is 2.99. The topological polar surface area (TPSA) is 35.2 Å². The van der Waals surface area contributed by atoms with Crippen LogP contribution in [0.5, 0.6) is 0 Å². The van der Waals surface area contributed by atoms with Gasteiger partial charge in [-0.15, -0.1) is 0 Å². The lowest BCUT2D eigenvalue weighted by Gasteiger charge is -2.44. The average Bonchev–Trinajstić information content (AvgIpc) is 2.02. The summed E-state index contributed by atoms with van der Waals surface area (Å²) >= 11 is 0. The van der Waals surface area contributed by atoms with E-state index in [-0.39, 0.29) is 5.60 Å². The highest BCUT2D eigenvalue weighted by Crippen LogP contribution is 2.40. The minimum Gasteiger partial charge on any atom is -0.375 e. The van der Waals surface area contributed by atoms with Crippen LogP contribution >= 0.6 is 0 Å². The van der Waals surface area contributed by atoms with Gasteiger partial charge in [0.15, 0.2) is 0 Å². The van der Waals surface area contributed by atoms with Crippen molar-refractivity contribution in [2.45, 2.75) is 57.1 Å². The van der Waals surface area contributed by atoms with Gasteiger partial charge in [0.05, 0.1) is 5.60 Å². The second-order valence-corrected chi connectivity index (χ2v) is 4.99. The van der Waals surface area contributed by atoms with Crippen LogP contribution in [0.3, 0.4) is 0 Å². The SMILES string of the molecule is CC1CCCC2(C1)CC(N)CCO2. The van der Waals surface area contributed by atoms with E-state index in [4.69, 9.17) is 10.5 Å². The highest BCUT2D eigenvalue weighted by Gasteiger charge is 2.39. The van der Waals surface area contributed by atoms with E-state index in [1.165, 1.54) is 25.7 Å². The molecule has 0 amide bonds. The van der Waals surface area contributed by atoms with Crippen molar-refractivity contribution in [2.75, 3.05) is 6.61 Å². The molecule has 0 aromatic carbocycles. The molecule has 2 heteroatoms. The van der Waals surface area contributed by atoms with E-state index in [9.17, 15) is 0 Å². The van der Waals surface area contributed by atoms with Crippen molar-refractivity contribution < 1.29 is 4.74 Å². The van der Waals surface area contributed by atoms with Gasteiger partial charge in [-0.2, -0.15) is 0 Å². The van der Waals surface area contributed by atoms with Crippen molar-refractivity contribution in [3.63, 3.8) is 0 Å². The Hall–Kier alpha value is -0.0800. The smallest absolute Gasteiger partial charge is 0.0699 e. The van der Waals surface area contributed by atoms with Gasteiger partial charge in [0, 0.05) is 12.6 Å². The van der Waals surface area contributed by atoms with E-state index in [2.05, 4.69) is 6.92 Å². The number of hydrogen-bond acceptors (Lipinski definition) is 2. The van der Waals surface area contributed by atoms with Crippen LogP contribution < -0.4 is 5.73 Å². The lowest BCUT2D eigenvalue weighted by atomic mass is 9.74. The van der Waals surface area contributed by atoms with Gasteiger partial charge in [-0.1, -0.05) is 19.8 Å². The third-order valence-corrected chi connectivity index (χ3v) is 3.58. The van der Waals surface area contributed by atoms with Crippen molar-refractivity contribution in [2.24, 2.45) is 11.7 Å². The normalized spacial score (nSPS) is 46.6. The molecule has 2 rings (SSSR count). The second kappa shape index (κ2) is 3.58. The summed E-state index contributed by atoms with van der Waals surface area (Å²) < 4.78 is 5.97. The molecule has 0 aromatic heterocycles. The molecule has 2 fully saturated rings. The van der Waals surface area contributed by atoms with Gasteiger partial charge < -0.3 is 10.5 Å². The summed E-state index contributed by atoms with van der Waals surface area (Å²) in [6, 6.07) is 0.388. The molecule has 1 saturated heterocycles. The standard InChI is InChI=1S/C11H21NO/c1-9-3-2-5-11(7-9)8-10(12)4-6-13-11/h9-10H,2-8,12H2,1H3. The Morgan fingerprint density at radius 1 is 1.31 bits per heavy atom. The largest absolute Gasteiger partial charge is 0.375 e. The van der Waals surface area contributed by atoms with Crippen LogP contribution in [0.4, 0.5) is 0 Å². The molecular formula is C11H21NO. The summed E-state index contributed by atoms with van der Waals surface area (Å²) in [7, 11) is 0. The molecule has 0 aromatic rings. The quantitative estimate of drug-likeness (QED) is 0.624. The summed E-state index contributed by atoms with van der Waals surface area (Å²) in [6.45, 7) is 3.22. The number of ether oxygens (including phenoxy) is 1. The molecule has 2 aliphatic rings. The third-order valence-electron chi connectivity index (χ3n) is 3.58. The Balaban J connectivity index is 2.00. The fraction of sp³-hybridized carbons (Fsp3) is 1.00. The van der Waals surface area contributed by atoms with Gasteiger partial charge >= 0.3 is 0 Å². The molecule has 0 radical (unpaired) electrons. The number of nitrogens with two attached hydrogens (primary N) is 1. The zero-order valence-electron chi connectivity index (χ0n) is 8.59. The minimum absolute atomic E-state index is 0.176. The van der Waals surface area contributed by atoms with Gasteiger partial charge in [-0.3, -0.25) is 0 Å². The molecule has 13 heavy (non-hydrogen) atoms. The predicted molar refractivity (Wildman–Crippen MR) is 53.5 cm³/mol. The molecule has 3 unspecified atom stereocenters. The van der Waals surface area contributed by atoms with Gasteiger partial charge in [-0.25, -0.2) is 0 Å². The van der Waals surface area contributed by atoms with E-state index in [0.717, 1.165) is 25.4 Å². The van der Waals surface area contributed by atoms with Gasteiger partial charge in [0.25, 0.3) is 0 Å². The van der Waals surface area contributed by atoms with Crippen molar-refractivity contribution in [1.29, 1.82) is 0 Å². The van der Waals surface area contributed by atoms with Gasteiger partial charge in [0.2, 0.25) is 0 Å². The first kappa shape index (κ1) is 9.47. The van der Waals surface area contributed by atoms with Crippen LogP contribution in [0.15, 0.2) is 0 Å². The fourth-order valence-electron chi connectivity index (χ4n) is 2.99. The first-order valence-corrected chi connectivity index (χ1v) is 5.60. The van der Waals surface area contributed by atoms with E-state index in [1.807, 2.05) is 0 Å². The molecule has 2 N–H and O–H groups in total. The Morgan fingerprint density at radius 3 is 2.85 bits per heavy atom. The molecule has 1 heterocycles. The second-order valence-electron chi connectivity index (χ2n) is 4.99. The molecule has 1 aliphatic heterocycles. The van der Waals surface area contributed by atoms with Crippen LogP contribution in [0, 0.1) is 5.92 Å². The predicted octanol–water partition coefficient (Wildman–Crippen LogP) is 2.07. The maximum atomic E-state index is 6.01. The van der Waals surface area contributed by atoms with Crippen LogP contribution in [0.1, 0.15) is 45.4 Å². The van der Waals surface area contributed by atoms with Crippen molar-refractivity contribution in [3.05, 3.63) is 0 Å². The Labute approximate surface area is 80.8 Å². The van der Waals surface area contributed by atoms with Gasteiger partial charge in [0.1, 0.15) is 0 Å². The maximum Gasteiger partial charge on any atom is 0.0699 e. The summed E-state index contributed by atoms with van der Waals surface area (Å²) in [4.78, 5) is 0. The average molecular weight is 183 g/mol. The molecular weight excluding hydrogens is 162 g/mol. The Bertz CT molecular complexity index is 161. The van der Waals surface area contributed by atoms with Crippen LogP contribution in [-0.2, 0) is 4.74 Å². The molecule has 1 spiro atoms. The summed E-state index contributed by atoms with van der Waals surface area (Å²) in [5, 5.41) is 0. The zero-order chi connectivity index (χ0) is 9.31. The lowest BCUT2D eigenvalue weighted by Crippen LogP contribution is -2.47. The van der Waals surface area contributed by atoms with Crippen LogP contribution in [-0.4, -0.2) is 18.2 Å². The molecule has 1 saturated carbocycles. The van der Waals surface area contributed by atoms with Crippen molar-refractivity contribution in [1.82, 2.24) is 0 Å².